The molecule has 1 heterocycles. The van der Waals surface area contributed by atoms with Crippen molar-refractivity contribution in [3.63, 3.8) is 0 Å². The first-order valence-corrected chi connectivity index (χ1v) is 8.90. The number of hydrogen-bond donors (Lipinski definition) is 1. The van der Waals surface area contributed by atoms with E-state index in [0.29, 0.717) is 22.0 Å². The van der Waals surface area contributed by atoms with Crippen molar-refractivity contribution in [3.8, 4) is 11.4 Å². The Morgan fingerprint density at radius 2 is 1.86 bits per heavy atom. The number of ether oxygens (including phenoxy) is 2. The first kappa shape index (κ1) is 19.5. The fourth-order valence-corrected chi connectivity index (χ4v) is 2.86. The molecule has 0 spiro atoms. The number of rotatable bonds is 6. The van der Waals surface area contributed by atoms with Crippen LogP contribution >= 0.6 is 11.6 Å². The number of amides is 1. The highest BCUT2D eigenvalue weighted by Crippen LogP contribution is 2.27. The van der Waals surface area contributed by atoms with E-state index in [0.717, 1.165) is 11.3 Å². The lowest BCUT2D eigenvalue weighted by Crippen LogP contribution is -2.21. The molecule has 7 heteroatoms. The Morgan fingerprint density at radius 1 is 1.11 bits per heavy atom. The van der Waals surface area contributed by atoms with E-state index in [1.165, 1.54) is 7.11 Å². The minimum atomic E-state index is -0.582. The Hall–Kier alpha value is -3.25. The van der Waals surface area contributed by atoms with Crippen molar-refractivity contribution < 1.29 is 19.1 Å². The number of nitrogens with one attached hydrogen (secondary N) is 1. The first-order chi connectivity index (χ1) is 13.5. The predicted molar refractivity (Wildman–Crippen MR) is 107 cm³/mol. The molecular formula is C21H19ClN2O4. The van der Waals surface area contributed by atoms with Crippen molar-refractivity contribution in [3.05, 3.63) is 77.1 Å². The third-order valence-corrected chi connectivity index (χ3v) is 4.33. The number of anilines is 1. The van der Waals surface area contributed by atoms with Crippen molar-refractivity contribution in [2.24, 2.45) is 0 Å². The third kappa shape index (κ3) is 4.53. The summed E-state index contributed by atoms with van der Waals surface area (Å²) in [5, 5.41) is 3.07. The summed E-state index contributed by atoms with van der Waals surface area (Å²) in [6.07, 6.45) is 3.78. The molecule has 0 saturated heterocycles. The smallest absolute Gasteiger partial charge is 0.338 e. The number of aromatic nitrogens is 1. The number of benzene rings is 2. The average Bonchev–Trinajstić information content (AvgIpc) is 3.21. The van der Waals surface area contributed by atoms with Gasteiger partial charge in [0.05, 0.1) is 18.4 Å². The maximum absolute atomic E-state index is 12.4. The largest absolute Gasteiger partial charge is 0.495 e. The van der Waals surface area contributed by atoms with Gasteiger partial charge in [-0.3, -0.25) is 4.79 Å². The van der Waals surface area contributed by atoms with E-state index < -0.39 is 18.5 Å². The van der Waals surface area contributed by atoms with Crippen LogP contribution in [0.3, 0.4) is 0 Å². The normalized spacial score (nSPS) is 10.4. The molecule has 144 valence electrons. The van der Waals surface area contributed by atoms with Gasteiger partial charge in [0.15, 0.2) is 6.61 Å². The van der Waals surface area contributed by atoms with Crippen LogP contribution in [0.2, 0.25) is 5.02 Å². The lowest BCUT2D eigenvalue weighted by molar-refractivity contribution is -0.119. The van der Waals surface area contributed by atoms with Gasteiger partial charge in [-0.2, -0.15) is 0 Å². The Kier molecular flexibility index (Phi) is 6.01. The van der Waals surface area contributed by atoms with E-state index in [2.05, 4.69) is 5.32 Å². The zero-order chi connectivity index (χ0) is 20.1. The molecule has 0 fully saturated rings. The Balaban J connectivity index is 1.65. The van der Waals surface area contributed by atoms with Gasteiger partial charge in [0.25, 0.3) is 5.91 Å². The Morgan fingerprint density at radius 3 is 2.57 bits per heavy atom. The number of carbonyl (C=O) groups is 2. The van der Waals surface area contributed by atoms with Crippen molar-refractivity contribution in [1.82, 2.24) is 4.57 Å². The first-order valence-electron chi connectivity index (χ1n) is 8.52. The van der Waals surface area contributed by atoms with Crippen molar-refractivity contribution >= 4 is 29.2 Å². The van der Waals surface area contributed by atoms with Crippen molar-refractivity contribution in [2.45, 2.75) is 6.92 Å². The number of esters is 1. The fraction of sp³-hybridized carbons (Fsp3) is 0.143. The lowest BCUT2D eigenvalue weighted by Gasteiger charge is -2.12. The average molecular weight is 399 g/mol. The molecule has 0 saturated carbocycles. The van der Waals surface area contributed by atoms with Crippen LogP contribution in [-0.2, 0) is 9.53 Å². The standard InChI is InChI=1S/C21H19ClN2O4/c1-14-5-6-15(11-18(14)24-9-3-4-10-24)21(26)28-13-20(25)23-17-12-16(22)7-8-19(17)27-2/h3-12H,13H2,1-2H3,(H,23,25). The Bertz CT molecular complexity index is 1000. The number of nitrogens with zero attached hydrogens (tertiary/aromatic N) is 1. The van der Waals surface area contributed by atoms with Gasteiger partial charge in [-0.05, 0) is 55.0 Å². The van der Waals surface area contributed by atoms with E-state index in [4.69, 9.17) is 21.1 Å². The van der Waals surface area contributed by atoms with Crippen LogP contribution in [0.25, 0.3) is 5.69 Å². The van der Waals surface area contributed by atoms with Gasteiger partial charge in [0.2, 0.25) is 0 Å². The second-order valence-electron chi connectivity index (χ2n) is 6.06. The highest BCUT2D eigenvalue weighted by Gasteiger charge is 2.14. The molecule has 28 heavy (non-hydrogen) atoms. The maximum Gasteiger partial charge on any atom is 0.338 e. The van der Waals surface area contributed by atoms with Crippen LogP contribution < -0.4 is 10.1 Å². The molecule has 0 unspecified atom stereocenters. The van der Waals surface area contributed by atoms with Crippen LogP contribution in [0.1, 0.15) is 15.9 Å². The topological polar surface area (TPSA) is 69.6 Å². The minimum Gasteiger partial charge on any atom is -0.495 e. The van der Waals surface area contributed by atoms with Crippen LogP contribution in [0.4, 0.5) is 5.69 Å². The second-order valence-corrected chi connectivity index (χ2v) is 6.50. The van der Waals surface area contributed by atoms with Gasteiger partial charge in [-0.25, -0.2) is 4.79 Å². The summed E-state index contributed by atoms with van der Waals surface area (Å²) in [5.41, 5.74) is 2.65. The van der Waals surface area contributed by atoms with Crippen LogP contribution in [0.15, 0.2) is 60.9 Å². The molecule has 3 rings (SSSR count). The predicted octanol–water partition coefficient (Wildman–Crippen LogP) is 4.24. The van der Waals surface area contributed by atoms with E-state index in [1.54, 1.807) is 30.3 Å². The van der Waals surface area contributed by atoms with Crippen molar-refractivity contribution in [1.29, 1.82) is 0 Å². The molecule has 0 atom stereocenters. The van der Waals surface area contributed by atoms with Gasteiger partial charge in [0, 0.05) is 23.1 Å². The maximum atomic E-state index is 12.4. The molecule has 2 aromatic carbocycles. The zero-order valence-electron chi connectivity index (χ0n) is 15.4. The molecule has 0 radical (unpaired) electrons. The van der Waals surface area contributed by atoms with Gasteiger partial charge in [-0.15, -0.1) is 0 Å². The fourth-order valence-electron chi connectivity index (χ4n) is 2.69. The molecule has 6 nitrogen and oxygen atoms in total. The van der Waals surface area contributed by atoms with E-state index in [9.17, 15) is 9.59 Å². The molecule has 3 aromatic rings. The van der Waals surface area contributed by atoms with Gasteiger partial charge < -0.3 is 19.4 Å². The minimum absolute atomic E-state index is 0.363. The SMILES string of the molecule is COc1ccc(Cl)cc1NC(=O)COC(=O)c1ccc(C)c(-n2cccc2)c1. The molecular weight excluding hydrogens is 380 g/mol. The molecule has 1 N–H and O–H groups in total. The third-order valence-electron chi connectivity index (χ3n) is 4.10. The van der Waals surface area contributed by atoms with Gasteiger partial charge >= 0.3 is 5.97 Å². The molecule has 0 aliphatic rings. The molecule has 0 aliphatic carbocycles. The molecule has 1 aromatic heterocycles. The van der Waals surface area contributed by atoms with E-state index in [-0.39, 0.29) is 0 Å². The summed E-state index contributed by atoms with van der Waals surface area (Å²) in [6.45, 7) is 1.53. The number of hydrogen-bond acceptors (Lipinski definition) is 4. The number of aryl methyl sites for hydroxylation is 1. The molecule has 1 amide bonds. The van der Waals surface area contributed by atoms with Crippen LogP contribution in [-0.4, -0.2) is 30.2 Å². The van der Waals surface area contributed by atoms with Crippen molar-refractivity contribution in [2.75, 3.05) is 19.0 Å². The summed E-state index contributed by atoms with van der Waals surface area (Å²) in [5.74, 6) is -0.618. The Labute approximate surface area is 167 Å². The quantitative estimate of drug-likeness (QED) is 0.630. The van der Waals surface area contributed by atoms with E-state index >= 15 is 0 Å². The number of carbonyl (C=O) groups excluding carboxylic acids is 2. The zero-order valence-corrected chi connectivity index (χ0v) is 16.2. The highest BCUT2D eigenvalue weighted by molar-refractivity contribution is 6.31. The monoisotopic (exact) mass is 398 g/mol. The summed E-state index contributed by atoms with van der Waals surface area (Å²) in [7, 11) is 1.48. The summed E-state index contributed by atoms with van der Waals surface area (Å²) in [6, 6.07) is 13.9. The highest BCUT2D eigenvalue weighted by atomic mass is 35.5. The second kappa shape index (κ2) is 8.63. The molecule has 0 bridgehead atoms. The van der Waals surface area contributed by atoms with E-state index in [1.807, 2.05) is 42.1 Å². The molecule has 0 aliphatic heterocycles. The number of methoxy groups -OCH3 is 1. The van der Waals surface area contributed by atoms with Gasteiger partial charge in [-0.1, -0.05) is 17.7 Å². The summed E-state index contributed by atoms with van der Waals surface area (Å²) in [4.78, 5) is 24.5. The van der Waals surface area contributed by atoms with Gasteiger partial charge in [0.1, 0.15) is 5.75 Å². The van der Waals surface area contributed by atoms with Crippen LogP contribution in [0.5, 0.6) is 5.75 Å². The lowest BCUT2D eigenvalue weighted by atomic mass is 10.1. The number of halogens is 1. The van der Waals surface area contributed by atoms with Crippen LogP contribution in [0, 0.1) is 6.92 Å². The summed E-state index contributed by atoms with van der Waals surface area (Å²) < 4.78 is 12.2. The summed E-state index contributed by atoms with van der Waals surface area (Å²) >= 11 is 5.94.